The van der Waals surface area contributed by atoms with Gasteiger partial charge < -0.3 is 28.1 Å². The van der Waals surface area contributed by atoms with Gasteiger partial charge >= 0.3 is 0 Å². The molecule has 0 aliphatic heterocycles. The quantitative estimate of drug-likeness (QED) is 0.102. The molecule has 0 spiro atoms. The van der Waals surface area contributed by atoms with Gasteiger partial charge in [-0.3, -0.25) is 0 Å². The third-order valence-corrected chi connectivity index (χ3v) is 15.6. The van der Waals surface area contributed by atoms with Crippen molar-refractivity contribution in [2.75, 3.05) is 4.90 Å². The summed E-state index contributed by atoms with van der Waals surface area (Å²) in [7, 11) is 0. The number of nitrogens with zero attached hydrogens (tertiary/aromatic N) is 4. The molecule has 0 saturated carbocycles. The molecule has 3 heterocycles. The molecule has 13 aromatic rings. The first-order valence-corrected chi connectivity index (χ1v) is 26.7. The van der Waals surface area contributed by atoms with Crippen LogP contribution in [0.4, 0.5) is 17.1 Å². The summed E-state index contributed by atoms with van der Waals surface area (Å²) < 4.78 is 18.4. The van der Waals surface area contributed by atoms with Crippen LogP contribution in [0.2, 0.25) is 0 Å². The minimum absolute atomic E-state index is 0.361. The van der Waals surface area contributed by atoms with Crippen molar-refractivity contribution in [1.29, 1.82) is 0 Å². The first kappa shape index (κ1) is 46.5. The molecule has 0 N–H and O–H groups in total. The summed E-state index contributed by atoms with van der Waals surface area (Å²) in [6, 6.07) is 85.6. The molecule has 0 bridgehead atoms. The highest BCUT2D eigenvalue weighted by Crippen LogP contribution is 2.41. The number of allylic oxidation sites excluding steroid dienone is 1. The van der Waals surface area contributed by atoms with Crippen LogP contribution in [0.25, 0.3) is 77.7 Å². The predicted octanol–water partition coefficient (Wildman–Crippen LogP) is 18.4. The summed E-state index contributed by atoms with van der Waals surface area (Å²) in [5.74, 6) is 1.97. The summed E-state index contributed by atoms with van der Waals surface area (Å²) >= 11 is 0. The third-order valence-electron chi connectivity index (χ3n) is 15.6. The number of anilines is 3. The highest BCUT2D eigenvalue weighted by molar-refractivity contribution is 6.10. The molecule has 0 fully saturated rings. The maximum Gasteiger partial charge on any atom is 0.126 e. The van der Waals surface area contributed by atoms with E-state index in [9.17, 15) is 0 Å². The predicted molar refractivity (Wildman–Crippen MR) is 324 cm³/mol. The largest absolute Gasteiger partial charge is 0.466 e. The lowest BCUT2D eigenvalue weighted by atomic mass is 9.87. The highest BCUT2D eigenvalue weighted by atomic mass is 16.5. The zero-order chi connectivity index (χ0) is 52.1. The topological polar surface area (TPSA) is 36.5 Å². The van der Waals surface area contributed by atoms with Crippen LogP contribution in [0.15, 0.2) is 268 Å². The van der Waals surface area contributed by atoms with Crippen molar-refractivity contribution < 1.29 is 9.47 Å². The fraction of sp³-hybridized carbons (Fsp3) is 0.0556. The van der Waals surface area contributed by atoms with E-state index in [1.54, 1.807) is 0 Å². The van der Waals surface area contributed by atoms with E-state index < -0.39 is 0 Å². The molecular weight excluding hydrogens is 953 g/mol. The Bertz CT molecular complexity index is 4400. The van der Waals surface area contributed by atoms with Crippen LogP contribution < -0.4 is 14.4 Å². The maximum atomic E-state index is 5.62. The van der Waals surface area contributed by atoms with E-state index in [1.165, 1.54) is 95.0 Å². The minimum atomic E-state index is 0.361. The number of hydrogen-bond acceptors (Lipinski definition) is 3. The molecule has 0 amide bonds. The maximum absolute atomic E-state index is 5.62. The summed E-state index contributed by atoms with van der Waals surface area (Å²) in [4.78, 5) is 2.37. The van der Waals surface area contributed by atoms with Gasteiger partial charge in [0.25, 0.3) is 0 Å². The Morgan fingerprint density at radius 3 is 1.38 bits per heavy atom. The smallest absolute Gasteiger partial charge is 0.126 e. The molecule has 14 rings (SSSR count). The number of aromatic nitrogens is 3. The number of rotatable bonds is 14. The SMILES string of the molecule is C=COc1cccc(Cc2ccc3c(c2)c2ccccc2n3-c2ccc(N(c3ccc(-n4c5c(c6ccccc64)CC(Cc4cccc(OC=C)c4)C=C5)cc3)c3ccc(-n4c5ccccc5c5ccccc54)cc3)cc2)c1. The molecule has 1 atom stereocenters. The van der Waals surface area contributed by atoms with Crippen LogP contribution in [-0.2, 0) is 19.3 Å². The molecule has 10 aromatic carbocycles. The second-order valence-electron chi connectivity index (χ2n) is 20.2. The van der Waals surface area contributed by atoms with Crippen LogP contribution >= 0.6 is 0 Å². The van der Waals surface area contributed by atoms with Crippen LogP contribution in [0.5, 0.6) is 11.5 Å². The van der Waals surface area contributed by atoms with Crippen molar-refractivity contribution in [3.05, 3.63) is 296 Å². The van der Waals surface area contributed by atoms with Crippen LogP contribution in [0.3, 0.4) is 0 Å². The van der Waals surface area contributed by atoms with Crippen LogP contribution in [-0.4, -0.2) is 13.7 Å². The van der Waals surface area contributed by atoms with Crippen molar-refractivity contribution in [3.63, 3.8) is 0 Å². The fourth-order valence-electron chi connectivity index (χ4n) is 12.2. The highest BCUT2D eigenvalue weighted by Gasteiger charge is 2.24. The van der Waals surface area contributed by atoms with Crippen molar-refractivity contribution >= 4 is 77.7 Å². The van der Waals surface area contributed by atoms with Gasteiger partial charge in [-0.25, -0.2) is 0 Å². The molecule has 1 aliphatic carbocycles. The zero-order valence-corrected chi connectivity index (χ0v) is 43.0. The number of fused-ring (bicyclic) bond motifs is 9. The van der Waals surface area contributed by atoms with Gasteiger partial charge in [0.1, 0.15) is 11.5 Å². The van der Waals surface area contributed by atoms with Crippen molar-refractivity contribution in [2.45, 2.75) is 19.3 Å². The average Bonchev–Trinajstić information content (AvgIpc) is 4.30. The standard InChI is InChI=1S/C72H54N4O2/c1-3-77-59-17-13-15-49(45-59)43-51-27-41-71-65(47-51)63-21-7-11-25-69(63)75(71)57-37-31-54(32-38-57)73(53-29-35-56(36-30-53)74-67-23-9-5-19-61(67)62-20-6-10-24-68(62)74)55-33-39-58(40-34-55)76-70-26-12-8-22-64(70)66-48-52(28-42-72(66)76)44-50-16-14-18-60(46-50)78-4-2/h3-42,45-47,52H,1-2,43-44,48H2. The van der Waals surface area contributed by atoms with Crippen molar-refractivity contribution in [2.24, 2.45) is 5.92 Å². The molecule has 78 heavy (non-hydrogen) atoms. The Balaban J connectivity index is 0.838. The zero-order valence-electron chi connectivity index (χ0n) is 43.0. The molecule has 3 aromatic heterocycles. The molecule has 6 heteroatoms. The Kier molecular flexibility index (Phi) is 11.7. The van der Waals surface area contributed by atoms with E-state index in [1.807, 2.05) is 18.2 Å². The van der Waals surface area contributed by atoms with E-state index in [2.05, 4.69) is 262 Å². The Labute approximate surface area is 453 Å². The van der Waals surface area contributed by atoms with Crippen LogP contribution in [0, 0.1) is 5.92 Å². The van der Waals surface area contributed by atoms with Gasteiger partial charge in [0.15, 0.2) is 0 Å². The first-order chi connectivity index (χ1) is 38.6. The second-order valence-corrected chi connectivity index (χ2v) is 20.2. The van der Waals surface area contributed by atoms with Gasteiger partial charge in [-0.2, -0.15) is 0 Å². The van der Waals surface area contributed by atoms with E-state index >= 15 is 0 Å². The number of benzene rings is 10. The lowest BCUT2D eigenvalue weighted by Gasteiger charge is -2.26. The average molecular weight is 1010 g/mol. The third kappa shape index (κ3) is 8.22. The second kappa shape index (κ2) is 19.6. The summed E-state index contributed by atoms with van der Waals surface area (Å²) in [6.07, 6.45) is 10.4. The van der Waals surface area contributed by atoms with Gasteiger partial charge in [0.2, 0.25) is 0 Å². The molecule has 374 valence electrons. The molecule has 0 saturated heterocycles. The van der Waals surface area contributed by atoms with Crippen molar-refractivity contribution in [1.82, 2.24) is 13.7 Å². The Morgan fingerprint density at radius 2 is 0.846 bits per heavy atom. The molecule has 0 radical (unpaired) electrons. The van der Waals surface area contributed by atoms with Gasteiger partial charge in [-0.1, -0.05) is 122 Å². The van der Waals surface area contributed by atoms with Gasteiger partial charge in [-0.15, -0.1) is 0 Å². The van der Waals surface area contributed by atoms with Crippen molar-refractivity contribution in [3.8, 4) is 28.6 Å². The van der Waals surface area contributed by atoms with Gasteiger partial charge in [0, 0.05) is 66.7 Å². The van der Waals surface area contributed by atoms with Gasteiger partial charge in [0.05, 0.1) is 40.1 Å². The number of ether oxygens (including phenoxy) is 2. The minimum Gasteiger partial charge on any atom is -0.466 e. The normalized spacial score (nSPS) is 13.1. The Morgan fingerprint density at radius 1 is 0.410 bits per heavy atom. The van der Waals surface area contributed by atoms with E-state index in [0.717, 1.165) is 64.9 Å². The number of para-hydroxylation sites is 4. The molecule has 6 nitrogen and oxygen atoms in total. The molecule has 1 unspecified atom stereocenters. The Hall–Kier alpha value is -10.0. The van der Waals surface area contributed by atoms with Crippen LogP contribution in [0.1, 0.15) is 27.9 Å². The first-order valence-electron chi connectivity index (χ1n) is 26.7. The van der Waals surface area contributed by atoms with Gasteiger partial charge in [-0.05, 0) is 187 Å². The number of hydrogen-bond donors (Lipinski definition) is 0. The lowest BCUT2D eigenvalue weighted by molar-refractivity contribution is 0.482. The molecular formula is C72H54N4O2. The summed E-state index contributed by atoms with van der Waals surface area (Å²) in [5.41, 5.74) is 18.7. The summed E-state index contributed by atoms with van der Waals surface area (Å²) in [6.45, 7) is 7.48. The fourth-order valence-corrected chi connectivity index (χ4v) is 12.2. The van der Waals surface area contributed by atoms with E-state index in [0.29, 0.717) is 5.92 Å². The summed E-state index contributed by atoms with van der Waals surface area (Å²) in [5, 5.41) is 6.24. The molecule has 1 aliphatic rings. The lowest BCUT2D eigenvalue weighted by Crippen LogP contribution is -2.12. The van der Waals surface area contributed by atoms with E-state index in [-0.39, 0.29) is 0 Å². The monoisotopic (exact) mass is 1010 g/mol. The van der Waals surface area contributed by atoms with E-state index in [4.69, 9.17) is 9.47 Å².